The molecule has 7 heteroatoms. The van der Waals surface area contributed by atoms with Crippen molar-refractivity contribution in [3.8, 4) is 0 Å². The summed E-state index contributed by atoms with van der Waals surface area (Å²) in [4.78, 5) is 11.6. The predicted molar refractivity (Wildman–Crippen MR) is 76.6 cm³/mol. The van der Waals surface area contributed by atoms with Gasteiger partial charge in [-0.2, -0.15) is 5.10 Å². The molecule has 0 saturated carbocycles. The number of aromatic nitrogens is 2. The SMILES string of the molecule is Cn1cc(NC(=O)NCC(O)c2ccc(Cl)cc2)cn1. The lowest BCUT2D eigenvalue weighted by atomic mass is 10.1. The summed E-state index contributed by atoms with van der Waals surface area (Å²) in [5.74, 6) is 0. The highest BCUT2D eigenvalue weighted by Gasteiger charge is 2.09. The number of halogens is 1. The first-order chi connectivity index (χ1) is 9.54. The fraction of sp³-hybridized carbons (Fsp3) is 0.231. The largest absolute Gasteiger partial charge is 0.387 e. The molecule has 3 N–H and O–H groups in total. The van der Waals surface area contributed by atoms with Crippen LogP contribution >= 0.6 is 11.6 Å². The Morgan fingerprint density at radius 1 is 1.45 bits per heavy atom. The van der Waals surface area contributed by atoms with Crippen molar-refractivity contribution in [1.29, 1.82) is 0 Å². The van der Waals surface area contributed by atoms with Gasteiger partial charge in [-0.25, -0.2) is 4.79 Å². The van der Waals surface area contributed by atoms with Gasteiger partial charge >= 0.3 is 6.03 Å². The van der Waals surface area contributed by atoms with Crippen LogP contribution in [0.3, 0.4) is 0 Å². The molecule has 0 aliphatic rings. The van der Waals surface area contributed by atoms with Gasteiger partial charge in [-0.05, 0) is 17.7 Å². The third kappa shape index (κ3) is 3.97. The Bertz CT molecular complexity index is 582. The fourth-order valence-corrected chi connectivity index (χ4v) is 1.78. The van der Waals surface area contributed by atoms with E-state index in [4.69, 9.17) is 11.6 Å². The topological polar surface area (TPSA) is 79.2 Å². The molecule has 0 aliphatic heterocycles. The maximum absolute atomic E-state index is 11.6. The van der Waals surface area contributed by atoms with Crippen LogP contribution in [0.15, 0.2) is 36.7 Å². The number of rotatable bonds is 4. The van der Waals surface area contributed by atoms with Crippen LogP contribution in [-0.4, -0.2) is 27.5 Å². The van der Waals surface area contributed by atoms with E-state index in [-0.39, 0.29) is 6.54 Å². The second kappa shape index (κ2) is 6.40. The number of nitrogens with one attached hydrogen (secondary N) is 2. The van der Waals surface area contributed by atoms with Crippen LogP contribution in [0.4, 0.5) is 10.5 Å². The number of amides is 2. The summed E-state index contributed by atoms with van der Waals surface area (Å²) in [5, 5.41) is 19.7. The standard InChI is InChI=1S/C13H15ClN4O2/c1-18-8-11(6-16-18)17-13(20)15-7-12(19)9-2-4-10(14)5-3-9/h2-6,8,12,19H,7H2,1H3,(H2,15,17,20). The van der Waals surface area contributed by atoms with Crippen molar-refractivity contribution < 1.29 is 9.90 Å². The van der Waals surface area contributed by atoms with Crippen molar-refractivity contribution in [2.45, 2.75) is 6.10 Å². The normalized spacial score (nSPS) is 11.9. The molecular formula is C13H15ClN4O2. The minimum Gasteiger partial charge on any atom is -0.387 e. The zero-order valence-corrected chi connectivity index (χ0v) is 11.6. The van der Waals surface area contributed by atoms with E-state index in [1.54, 1.807) is 42.2 Å². The van der Waals surface area contributed by atoms with E-state index >= 15 is 0 Å². The quantitative estimate of drug-likeness (QED) is 0.806. The first-order valence-electron chi connectivity index (χ1n) is 6.01. The van der Waals surface area contributed by atoms with E-state index in [0.717, 1.165) is 0 Å². The van der Waals surface area contributed by atoms with Crippen LogP contribution in [0.5, 0.6) is 0 Å². The number of aliphatic hydroxyl groups is 1. The molecular weight excluding hydrogens is 280 g/mol. The smallest absolute Gasteiger partial charge is 0.319 e. The van der Waals surface area contributed by atoms with Crippen molar-refractivity contribution in [2.24, 2.45) is 7.05 Å². The second-order valence-corrected chi connectivity index (χ2v) is 4.74. The number of hydrogen-bond donors (Lipinski definition) is 3. The summed E-state index contributed by atoms with van der Waals surface area (Å²) in [7, 11) is 1.76. The van der Waals surface area contributed by atoms with Gasteiger partial charge in [0.25, 0.3) is 0 Å². The lowest BCUT2D eigenvalue weighted by Crippen LogP contribution is -2.32. The number of carbonyl (C=O) groups excluding carboxylic acids is 1. The minimum atomic E-state index is -0.785. The zero-order chi connectivity index (χ0) is 14.5. The summed E-state index contributed by atoms with van der Waals surface area (Å²) in [6.45, 7) is 0.105. The Kier molecular flexibility index (Phi) is 4.60. The predicted octanol–water partition coefficient (Wildman–Crippen LogP) is 1.93. The monoisotopic (exact) mass is 294 g/mol. The Hall–Kier alpha value is -2.05. The molecule has 1 unspecified atom stereocenters. The first kappa shape index (κ1) is 14.4. The molecule has 2 rings (SSSR count). The van der Waals surface area contributed by atoms with Crippen LogP contribution in [-0.2, 0) is 7.05 Å². The van der Waals surface area contributed by atoms with Gasteiger partial charge in [-0.1, -0.05) is 23.7 Å². The first-order valence-corrected chi connectivity index (χ1v) is 6.39. The summed E-state index contributed by atoms with van der Waals surface area (Å²) in [5.41, 5.74) is 1.28. The van der Waals surface area contributed by atoms with Crippen molar-refractivity contribution in [2.75, 3.05) is 11.9 Å². The highest BCUT2D eigenvalue weighted by Crippen LogP contribution is 2.15. The van der Waals surface area contributed by atoms with Crippen LogP contribution < -0.4 is 10.6 Å². The lowest BCUT2D eigenvalue weighted by molar-refractivity contribution is 0.175. The molecule has 106 valence electrons. The van der Waals surface area contributed by atoms with Crippen LogP contribution in [0.2, 0.25) is 5.02 Å². The number of urea groups is 1. The second-order valence-electron chi connectivity index (χ2n) is 4.31. The molecule has 0 saturated heterocycles. The molecule has 2 amide bonds. The number of benzene rings is 1. The molecule has 20 heavy (non-hydrogen) atoms. The van der Waals surface area contributed by atoms with Gasteiger partial charge in [-0.3, -0.25) is 4.68 Å². The van der Waals surface area contributed by atoms with E-state index in [0.29, 0.717) is 16.3 Å². The van der Waals surface area contributed by atoms with E-state index < -0.39 is 12.1 Å². The number of nitrogens with zero attached hydrogens (tertiary/aromatic N) is 2. The highest BCUT2D eigenvalue weighted by molar-refractivity contribution is 6.30. The molecule has 0 spiro atoms. The van der Waals surface area contributed by atoms with Gasteiger partial charge in [0.1, 0.15) is 0 Å². The van der Waals surface area contributed by atoms with Crippen molar-refractivity contribution >= 4 is 23.3 Å². The maximum Gasteiger partial charge on any atom is 0.319 e. The third-order valence-electron chi connectivity index (χ3n) is 2.67. The molecule has 6 nitrogen and oxygen atoms in total. The Labute approximate surface area is 121 Å². The summed E-state index contributed by atoms with van der Waals surface area (Å²) < 4.78 is 1.58. The number of hydrogen-bond acceptors (Lipinski definition) is 3. The van der Waals surface area contributed by atoms with Gasteiger partial charge in [0, 0.05) is 24.8 Å². The number of carbonyl (C=O) groups is 1. The van der Waals surface area contributed by atoms with E-state index in [2.05, 4.69) is 15.7 Å². The molecule has 1 atom stereocenters. The third-order valence-corrected chi connectivity index (χ3v) is 2.93. The van der Waals surface area contributed by atoms with Gasteiger partial charge in [0.05, 0.1) is 18.0 Å². The van der Waals surface area contributed by atoms with Crippen molar-refractivity contribution in [1.82, 2.24) is 15.1 Å². The summed E-state index contributed by atoms with van der Waals surface area (Å²) in [6, 6.07) is 6.42. The van der Waals surface area contributed by atoms with Crippen LogP contribution in [0, 0.1) is 0 Å². The molecule has 1 aromatic carbocycles. The summed E-state index contributed by atoms with van der Waals surface area (Å²) >= 11 is 5.77. The van der Waals surface area contributed by atoms with Crippen LogP contribution in [0.25, 0.3) is 0 Å². The van der Waals surface area contributed by atoms with Crippen LogP contribution in [0.1, 0.15) is 11.7 Å². The molecule has 0 bridgehead atoms. The van der Waals surface area contributed by atoms with E-state index in [1.165, 1.54) is 6.20 Å². The highest BCUT2D eigenvalue weighted by atomic mass is 35.5. The Morgan fingerprint density at radius 2 is 2.15 bits per heavy atom. The average molecular weight is 295 g/mol. The van der Waals surface area contributed by atoms with Gasteiger partial charge in [0.2, 0.25) is 0 Å². The van der Waals surface area contributed by atoms with Gasteiger partial charge in [-0.15, -0.1) is 0 Å². The number of anilines is 1. The number of aliphatic hydroxyl groups excluding tert-OH is 1. The van der Waals surface area contributed by atoms with Gasteiger partial charge < -0.3 is 15.7 Å². The lowest BCUT2D eigenvalue weighted by Gasteiger charge is -2.12. The molecule has 0 aliphatic carbocycles. The molecule has 1 heterocycles. The average Bonchev–Trinajstić information content (AvgIpc) is 2.82. The fourth-order valence-electron chi connectivity index (χ4n) is 1.65. The minimum absolute atomic E-state index is 0.105. The number of aryl methyl sites for hydroxylation is 1. The molecule has 0 fully saturated rings. The van der Waals surface area contributed by atoms with E-state index in [9.17, 15) is 9.90 Å². The molecule has 2 aromatic rings. The van der Waals surface area contributed by atoms with Crippen molar-refractivity contribution in [3.05, 3.63) is 47.2 Å². The summed E-state index contributed by atoms with van der Waals surface area (Å²) in [6.07, 6.45) is 2.43. The Morgan fingerprint density at radius 3 is 2.75 bits per heavy atom. The maximum atomic E-state index is 11.6. The molecule has 1 aromatic heterocycles. The Balaban J connectivity index is 1.82. The zero-order valence-electron chi connectivity index (χ0n) is 10.9. The van der Waals surface area contributed by atoms with Gasteiger partial charge in [0.15, 0.2) is 0 Å². The van der Waals surface area contributed by atoms with E-state index in [1.807, 2.05) is 0 Å². The molecule has 0 radical (unpaired) electrons. The van der Waals surface area contributed by atoms with Crippen molar-refractivity contribution in [3.63, 3.8) is 0 Å².